The fraction of sp³-hybridized carbons (Fsp3) is 1.00. The Morgan fingerprint density at radius 3 is 2.36 bits per heavy atom. The minimum absolute atomic E-state index is 0.290. The Hall–Kier alpha value is 0.0169. The molecule has 0 bridgehead atoms. The van der Waals surface area contributed by atoms with E-state index in [9.17, 15) is 0 Å². The summed E-state index contributed by atoms with van der Waals surface area (Å²) in [4.78, 5) is 0. The molecule has 5 nitrogen and oxygen atoms in total. The zero-order valence-electron chi connectivity index (χ0n) is 9.19. The van der Waals surface area contributed by atoms with Crippen LogP contribution in [-0.4, -0.2) is 33.2 Å². The van der Waals surface area contributed by atoms with Gasteiger partial charge in [0, 0.05) is 7.11 Å². The smallest absolute Gasteiger partial charge is 0.335 e. The molecule has 0 heterocycles. The Labute approximate surface area is 86.6 Å². The predicted molar refractivity (Wildman–Crippen MR) is 57.6 cm³/mol. The van der Waals surface area contributed by atoms with E-state index in [1.165, 1.54) is 0 Å². The third kappa shape index (κ3) is 5.69. The molecule has 0 amide bonds. The third-order valence-electron chi connectivity index (χ3n) is 2.13. The summed E-state index contributed by atoms with van der Waals surface area (Å²) in [5.74, 6) is 0. The molecule has 0 aliphatic rings. The van der Waals surface area contributed by atoms with Gasteiger partial charge in [-0.25, -0.2) is 0 Å². The molecule has 14 heavy (non-hydrogen) atoms. The molecule has 0 spiro atoms. The molecule has 0 aliphatic carbocycles. The van der Waals surface area contributed by atoms with Crippen LogP contribution in [-0.2, 0) is 8.85 Å². The lowest BCUT2D eigenvalue weighted by Crippen LogP contribution is -2.44. The summed E-state index contributed by atoms with van der Waals surface area (Å²) in [5, 5.41) is 8.96. The van der Waals surface area contributed by atoms with E-state index in [1.54, 1.807) is 7.11 Å². The van der Waals surface area contributed by atoms with Crippen LogP contribution in [0.25, 0.3) is 0 Å². The molecule has 0 aromatic heterocycles. The van der Waals surface area contributed by atoms with Gasteiger partial charge < -0.3 is 25.4 Å². The minimum atomic E-state index is -2.24. The molecular formula is C8H22N2O3Si. The van der Waals surface area contributed by atoms with Crippen LogP contribution in [0.15, 0.2) is 0 Å². The highest BCUT2D eigenvalue weighted by molar-refractivity contribution is 6.66. The summed E-state index contributed by atoms with van der Waals surface area (Å²) in [5.41, 5.74) is 10.9. The Morgan fingerprint density at radius 1 is 1.43 bits per heavy atom. The first-order valence-corrected chi connectivity index (χ1v) is 7.38. The molecule has 5 N–H and O–H groups in total. The Bertz CT molecular complexity index is 160. The van der Waals surface area contributed by atoms with Crippen LogP contribution >= 0.6 is 0 Å². The summed E-state index contributed by atoms with van der Waals surface area (Å²) in [6.45, 7) is 3.87. The second-order valence-electron chi connectivity index (χ2n) is 3.51. The van der Waals surface area contributed by atoms with Crippen molar-refractivity contribution >= 4 is 8.56 Å². The number of aliphatic hydroxyl groups excluding tert-OH is 1. The van der Waals surface area contributed by atoms with Crippen molar-refractivity contribution in [1.82, 2.24) is 0 Å². The maximum atomic E-state index is 8.96. The molecule has 0 radical (unpaired) electrons. The first-order valence-electron chi connectivity index (χ1n) is 4.85. The largest absolute Gasteiger partial charge is 0.398 e. The molecule has 0 fully saturated rings. The molecule has 86 valence electrons. The molecular weight excluding hydrogens is 200 g/mol. The van der Waals surface area contributed by atoms with Gasteiger partial charge in [0.2, 0.25) is 0 Å². The van der Waals surface area contributed by atoms with Crippen molar-refractivity contribution in [1.29, 1.82) is 0 Å². The van der Waals surface area contributed by atoms with E-state index in [4.69, 9.17) is 25.4 Å². The van der Waals surface area contributed by atoms with Crippen LogP contribution in [0.4, 0.5) is 0 Å². The van der Waals surface area contributed by atoms with Crippen LogP contribution in [0.3, 0.4) is 0 Å². The Balaban J connectivity index is 4.03. The summed E-state index contributed by atoms with van der Waals surface area (Å²) in [6.07, 6.45) is 0.129. The molecule has 6 heteroatoms. The lowest BCUT2D eigenvalue weighted by atomic mass is 10.4. The minimum Gasteiger partial charge on any atom is -0.398 e. The van der Waals surface area contributed by atoms with Crippen LogP contribution in [0, 0.1) is 0 Å². The molecule has 0 rings (SSSR count). The summed E-state index contributed by atoms with van der Waals surface area (Å²) < 4.78 is 10.9. The normalized spacial score (nSPS) is 20.1. The number of nitrogens with two attached hydrogens (primary N) is 2. The van der Waals surface area contributed by atoms with Gasteiger partial charge in [-0.2, -0.15) is 0 Å². The van der Waals surface area contributed by atoms with Gasteiger partial charge in [-0.3, -0.25) is 0 Å². The van der Waals surface area contributed by atoms with Gasteiger partial charge in [0.25, 0.3) is 0 Å². The van der Waals surface area contributed by atoms with E-state index in [-0.39, 0.29) is 6.23 Å². The van der Waals surface area contributed by atoms with Crippen LogP contribution < -0.4 is 11.5 Å². The van der Waals surface area contributed by atoms with Crippen molar-refractivity contribution in [2.75, 3.05) is 7.11 Å². The van der Waals surface area contributed by atoms with Crippen molar-refractivity contribution < 1.29 is 14.0 Å². The van der Waals surface area contributed by atoms with E-state index in [2.05, 4.69) is 0 Å². The van der Waals surface area contributed by atoms with Crippen molar-refractivity contribution in [2.24, 2.45) is 11.5 Å². The van der Waals surface area contributed by atoms with Gasteiger partial charge in [0.05, 0.1) is 6.23 Å². The van der Waals surface area contributed by atoms with Crippen molar-refractivity contribution in [3.63, 3.8) is 0 Å². The standard InChI is InChI=1S/C8H22N2O3Si/c1-4-8(10)13-14(3,12-2)6-5-7(9)11/h7-8,11H,4-6,9-10H2,1-3H3. The lowest BCUT2D eigenvalue weighted by molar-refractivity contribution is 0.124. The van der Waals surface area contributed by atoms with Gasteiger partial charge in [-0.1, -0.05) is 6.92 Å². The van der Waals surface area contributed by atoms with E-state index in [1.807, 2.05) is 13.5 Å². The van der Waals surface area contributed by atoms with Gasteiger partial charge in [0.15, 0.2) is 0 Å². The molecule has 0 aliphatic heterocycles. The molecule has 3 atom stereocenters. The highest BCUT2D eigenvalue weighted by atomic mass is 28.4. The molecule has 0 saturated carbocycles. The quantitative estimate of drug-likeness (QED) is 0.419. The van der Waals surface area contributed by atoms with E-state index in [0.717, 1.165) is 6.42 Å². The topological polar surface area (TPSA) is 90.7 Å². The summed E-state index contributed by atoms with van der Waals surface area (Å²) >= 11 is 0. The van der Waals surface area contributed by atoms with Crippen LogP contribution in [0.1, 0.15) is 19.8 Å². The zero-order chi connectivity index (χ0) is 11.2. The van der Waals surface area contributed by atoms with Gasteiger partial charge in [-0.05, 0) is 25.4 Å². The highest BCUT2D eigenvalue weighted by Crippen LogP contribution is 2.17. The number of hydrogen-bond acceptors (Lipinski definition) is 5. The van der Waals surface area contributed by atoms with E-state index in [0.29, 0.717) is 12.5 Å². The molecule has 0 aromatic carbocycles. The summed E-state index contributed by atoms with van der Waals surface area (Å²) in [6, 6.07) is 0.648. The number of aliphatic hydroxyl groups is 1. The zero-order valence-corrected chi connectivity index (χ0v) is 10.2. The van der Waals surface area contributed by atoms with Gasteiger partial charge >= 0.3 is 8.56 Å². The summed E-state index contributed by atoms with van der Waals surface area (Å²) in [7, 11) is -0.627. The molecule has 0 aromatic rings. The van der Waals surface area contributed by atoms with Crippen LogP contribution in [0.5, 0.6) is 0 Å². The monoisotopic (exact) mass is 222 g/mol. The maximum Gasteiger partial charge on any atom is 0.335 e. The average molecular weight is 222 g/mol. The lowest BCUT2D eigenvalue weighted by Gasteiger charge is -2.28. The second kappa shape index (κ2) is 6.49. The Kier molecular flexibility index (Phi) is 6.50. The van der Waals surface area contributed by atoms with Gasteiger partial charge in [0.1, 0.15) is 6.23 Å². The second-order valence-corrected chi connectivity index (χ2v) is 6.92. The fourth-order valence-corrected chi connectivity index (χ4v) is 3.07. The van der Waals surface area contributed by atoms with Crippen molar-refractivity contribution in [2.45, 2.75) is 44.8 Å². The SMILES string of the molecule is CCC(N)O[Si](C)(CCC(N)O)OC. The molecule has 0 saturated heterocycles. The fourth-order valence-electron chi connectivity index (χ4n) is 1.02. The number of hydrogen-bond donors (Lipinski definition) is 3. The van der Waals surface area contributed by atoms with Crippen molar-refractivity contribution in [3.8, 4) is 0 Å². The first-order chi connectivity index (χ1) is 6.43. The third-order valence-corrected chi connectivity index (χ3v) is 4.99. The number of rotatable bonds is 7. The first kappa shape index (κ1) is 14.0. The Morgan fingerprint density at radius 2 is 2.00 bits per heavy atom. The van der Waals surface area contributed by atoms with E-state index < -0.39 is 14.8 Å². The van der Waals surface area contributed by atoms with E-state index >= 15 is 0 Å². The van der Waals surface area contributed by atoms with Crippen LogP contribution in [0.2, 0.25) is 12.6 Å². The van der Waals surface area contributed by atoms with Gasteiger partial charge in [-0.15, -0.1) is 0 Å². The van der Waals surface area contributed by atoms with Crippen molar-refractivity contribution in [3.05, 3.63) is 0 Å². The average Bonchev–Trinajstić information content (AvgIpc) is 2.14. The predicted octanol–water partition coefficient (Wildman–Crippen LogP) is 0.0834. The maximum absolute atomic E-state index is 8.96. The molecule has 3 unspecified atom stereocenters. The highest BCUT2D eigenvalue weighted by Gasteiger charge is 2.32.